The number of benzene rings is 1. The topological polar surface area (TPSA) is 63.2 Å². The van der Waals surface area contributed by atoms with Crippen LogP contribution in [0.4, 0.5) is 5.82 Å². The lowest BCUT2D eigenvalue weighted by Crippen LogP contribution is -2.35. The third kappa shape index (κ3) is 8.75. The normalized spacial score (nSPS) is 17.8. The number of nitrogens with zero attached hydrogens (tertiary/aromatic N) is 4. The zero-order valence-electron chi connectivity index (χ0n) is 23.1. The number of hydrogen-bond donors (Lipinski definition) is 1. The lowest BCUT2D eigenvalue weighted by molar-refractivity contribution is 0.128. The van der Waals surface area contributed by atoms with Gasteiger partial charge in [0.25, 0.3) is 0 Å². The fourth-order valence-electron chi connectivity index (χ4n) is 5.46. The second kappa shape index (κ2) is 14.4. The van der Waals surface area contributed by atoms with Crippen LogP contribution >= 0.6 is 0 Å². The van der Waals surface area contributed by atoms with Crippen molar-refractivity contribution in [3.8, 4) is 0 Å². The first-order valence-electron chi connectivity index (χ1n) is 14.2. The highest BCUT2D eigenvalue weighted by atomic mass is 16.5. The summed E-state index contributed by atoms with van der Waals surface area (Å²) in [6, 6.07) is 15.2. The van der Waals surface area contributed by atoms with Crippen molar-refractivity contribution in [3.63, 3.8) is 0 Å². The maximum Gasteiger partial charge on any atom is 0.139 e. The quantitative estimate of drug-likeness (QED) is 0.276. The molecule has 6 heteroatoms. The van der Waals surface area contributed by atoms with Gasteiger partial charge in [0.2, 0.25) is 0 Å². The van der Waals surface area contributed by atoms with Crippen LogP contribution in [0.15, 0.2) is 42.5 Å². The summed E-state index contributed by atoms with van der Waals surface area (Å²) in [4.78, 5) is 16.3. The van der Waals surface area contributed by atoms with Gasteiger partial charge in [-0.1, -0.05) is 31.0 Å². The van der Waals surface area contributed by atoms with E-state index in [1.165, 1.54) is 50.6 Å². The van der Waals surface area contributed by atoms with Crippen LogP contribution < -0.4 is 10.2 Å². The van der Waals surface area contributed by atoms with Gasteiger partial charge in [-0.2, -0.15) is 0 Å². The average molecular weight is 504 g/mol. The van der Waals surface area contributed by atoms with Gasteiger partial charge >= 0.3 is 0 Å². The molecule has 2 aromatic heterocycles. The van der Waals surface area contributed by atoms with Crippen LogP contribution in [-0.2, 0) is 17.6 Å². The molecule has 0 atom stereocenters. The zero-order valence-corrected chi connectivity index (χ0v) is 23.1. The Labute approximate surface area is 223 Å². The molecule has 200 valence electrons. The van der Waals surface area contributed by atoms with Gasteiger partial charge in [-0.3, -0.25) is 4.98 Å². The maximum atomic E-state index is 5.84. The molecular formula is C31H45N5O. The molecule has 1 saturated carbocycles. The summed E-state index contributed by atoms with van der Waals surface area (Å²) in [6.45, 7) is 4.61. The zero-order chi connectivity index (χ0) is 25.9. The molecule has 0 saturated heterocycles. The molecule has 1 aliphatic rings. The van der Waals surface area contributed by atoms with Gasteiger partial charge in [0, 0.05) is 56.5 Å². The first-order chi connectivity index (χ1) is 18.1. The number of fused-ring (bicyclic) bond motifs is 1. The standard InChI is InChI=1S/C31H45N5O/c1-24-10-8-12-27(33-24)13-9-22-37-23-21-32-26-19-17-25(18-20-26)11-4-7-16-30-34-29-15-6-5-14-28(29)31(35-30)36(2)3/h5-6,8,10,12,14-15,25-26,32H,4,7,9,11,13,16-23H2,1-3H3. The predicted molar refractivity (Wildman–Crippen MR) is 153 cm³/mol. The number of para-hydroxylation sites is 1. The molecule has 0 bridgehead atoms. The minimum absolute atomic E-state index is 0.659. The van der Waals surface area contributed by atoms with E-state index in [-0.39, 0.29) is 0 Å². The Morgan fingerprint density at radius 2 is 1.70 bits per heavy atom. The van der Waals surface area contributed by atoms with E-state index in [1.807, 2.05) is 13.0 Å². The van der Waals surface area contributed by atoms with E-state index in [4.69, 9.17) is 14.7 Å². The smallest absolute Gasteiger partial charge is 0.139 e. The fourth-order valence-corrected chi connectivity index (χ4v) is 5.46. The first kappa shape index (κ1) is 27.5. The van der Waals surface area contributed by atoms with E-state index >= 15 is 0 Å². The lowest BCUT2D eigenvalue weighted by Gasteiger charge is -2.29. The summed E-state index contributed by atoms with van der Waals surface area (Å²) in [5, 5.41) is 4.85. The Kier molecular flexibility index (Phi) is 10.7. The monoisotopic (exact) mass is 503 g/mol. The summed E-state index contributed by atoms with van der Waals surface area (Å²) >= 11 is 0. The number of rotatable bonds is 14. The van der Waals surface area contributed by atoms with Crippen LogP contribution in [0, 0.1) is 12.8 Å². The van der Waals surface area contributed by atoms with Crippen molar-refractivity contribution in [2.75, 3.05) is 38.8 Å². The lowest BCUT2D eigenvalue weighted by atomic mass is 9.83. The summed E-state index contributed by atoms with van der Waals surface area (Å²) in [7, 11) is 4.12. The van der Waals surface area contributed by atoms with Crippen LogP contribution in [0.1, 0.15) is 68.6 Å². The van der Waals surface area contributed by atoms with Crippen LogP contribution in [0.2, 0.25) is 0 Å². The number of aryl methyl sites for hydroxylation is 3. The van der Waals surface area contributed by atoms with E-state index in [0.29, 0.717) is 6.04 Å². The molecular weight excluding hydrogens is 458 g/mol. The van der Waals surface area contributed by atoms with E-state index in [1.54, 1.807) is 0 Å². The van der Waals surface area contributed by atoms with Crippen LogP contribution in [0.5, 0.6) is 0 Å². The molecule has 0 aliphatic heterocycles. The molecule has 6 nitrogen and oxygen atoms in total. The number of ether oxygens (including phenoxy) is 1. The van der Waals surface area contributed by atoms with Crippen LogP contribution in [0.3, 0.4) is 0 Å². The number of unbranched alkanes of at least 4 members (excludes halogenated alkanes) is 1. The third-order valence-corrected chi connectivity index (χ3v) is 7.51. The molecule has 1 fully saturated rings. The molecule has 1 aromatic carbocycles. The molecule has 0 amide bonds. The maximum absolute atomic E-state index is 5.84. The largest absolute Gasteiger partial charge is 0.380 e. The second-order valence-corrected chi connectivity index (χ2v) is 10.8. The summed E-state index contributed by atoms with van der Waals surface area (Å²) in [5.41, 5.74) is 3.30. The SMILES string of the molecule is Cc1cccc(CCCOCCNC2CCC(CCCCc3nc(N(C)C)c4ccccc4n3)CC2)n1. The van der Waals surface area contributed by atoms with Crippen molar-refractivity contribution in [2.45, 2.75) is 77.2 Å². The fraction of sp³-hybridized carbons (Fsp3) is 0.581. The van der Waals surface area contributed by atoms with Gasteiger partial charge in [-0.25, -0.2) is 9.97 Å². The Morgan fingerprint density at radius 1 is 0.865 bits per heavy atom. The Bertz CT molecular complexity index is 1090. The highest BCUT2D eigenvalue weighted by Gasteiger charge is 2.20. The molecule has 0 unspecified atom stereocenters. The third-order valence-electron chi connectivity index (χ3n) is 7.51. The van der Waals surface area contributed by atoms with E-state index in [2.05, 4.69) is 65.7 Å². The van der Waals surface area contributed by atoms with E-state index in [9.17, 15) is 0 Å². The van der Waals surface area contributed by atoms with Gasteiger partial charge in [-0.15, -0.1) is 0 Å². The predicted octanol–water partition coefficient (Wildman–Crippen LogP) is 5.91. The highest BCUT2D eigenvalue weighted by molar-refractivity contribution is 5.89. The highest BCUT2D eigenvalue weighted by Crippen LogP contribution is 2.29. The number of nitrogens with one attached hydrogen (secondary N) is 1. The number of anilines is 1. The van der Waals surface area contributed by atoms with Crippen molar-refractivity contribution < 1.29 is 4.74 Å². The average Bonchev–Trinajstić information content (AvgIpc) is 2.91. The first-order valence-corrected chi connectivity index (χ1v) is 14.2. The van der Waals surface area contributed by atoms with Crippen molar-refractivity contribution in [1.29, 1.82) is 0 Å². The summed E-state index contributed by atoms with van der Waals surface area (Å²) < 4.78 is 5.84. The number of hydrogen-bond acceptors (Lipinski definition) is 6. The molecule has 1 aliphatic carbocycles. The molecule has 4 rings (SSSR count). The Balaban J connectivity index is 1.05. The van der Waals surface area contributed by atoms with Crippen molar-refractivity contribution in [2.24, 2.45) is 5.92 Å². The molecule has 37 heavy (non-hydrogen) atoms. The van der Waals surface area contributed by atoms with Crippen molar-refractivity contribution >= 4 is 16.7 Å². The molecule has 2 heterocycles. The Morgan fingerprint density at radius 3 is 2.51 bits per heavy atom. The molecule has 0 radical (unpaired) electrons. The van der Waals surface area contributed by atoms with Gasteiger partial charge < -0.3 is 15.0 Å². The minimum atomic E-state index is 0.659. The van der Waals surface area contributed by atoms with Gasteiger partial charge in [0.1, 0.15) is 11.6 Å². The van der Waals surface area contributed by atoms with Crippen LogP contribution in [-0.4, -0.2) is 54.8 Å². The summed E-state index contributed by atoms with van der Waals surface area (Å²) in [6.07, 6.45) is 12.0. The second-order valence-electron chi connectivity index (χ2n) is 10.8. The molecule has 3 aromatic rings. The minimum Gasteiger partial charge on any atom is -0.380 e. The Hall–Kier alpha value is -2.57. The summed E-state index contributed by atoms with van der Waals surface area (Å²) in [5.74, 6) is 2.88. The van der Waals surface area contributed by atoms with E-state index in [0.717, 1.165) is 73.2 Å². The number of pyridine rings is 1. The number of aromatic nitrogens is 3. The van der Waals surface area contributed by atoms with Crippen molar-refractivity contribution in [1.82, 2.24) is 20.3 Å². The molecule has 0 spiro atoms. The van der Waals surface area contributed by atoms with Crippen molar-refractivity contribution in [3.05, 3.63) is 59.7 Å². The molecule has 1 N–H and O–H groups in total. The van der Waals surface area contributed by atoms with Gasteiger partial charge in [0.15, 0.2) is 0 Å². The van der Waals surface area contributed by atoms with Crippen LogP contribution in [0.25, 0.3) is 10.9 Å². The van der Waals surface area contributed by atoms with Gasteiger partial charge in [0.05, 0.1) is 12.1 Å². The van der Waals surface area contributed by atoms with E-state index < -0.39 is 0 Å². The van der Waals surface area contributed by atoms with Gasteiger partial charge in [-0.05, 0) is 82.1 Å².